The van der Waals surface area contributed by atoms with Crippen LogP contribution in [0.1, 0.15) is 48.2 Å². The number of carbonyl (C=O) groups excluding carboxylic acids is 2. The van der Waals surface area contributed by atoms with Crippen molar-refractivity contribution < 1.29 is 9.59 Å². The van der Waals surface area contributed by atoms with Gasteiger partial charge in [0.15, 0.2) is 11.7 Å². The molecule has 0 bridgehead atoms. The largest absolute Gasteiger partial charge is 0.344 e. The molecule has 4 aromatic rings. The van der Waals surface area contributed by atoms with Crippen molar-refractivity contribution in [1.29, 1.82) is 0 Å². The molecule has 0 saturated carbocycles. The first-order valence-electron chi connectivity index (χ1n) is 13.3. The van der Waals surface area contributed by atoms with Crippen molar-refractivity contribution in [3.63, 3.8) is 0 Å². The van der Waals surface area contributed by atoms with Gasteiger partial charge in [0.25, 0.3) is 0 Å². The average Bonchev–Trinajstić information content (AvgIpc) is 3.02. The molecule has 4 amide bonds. The number of hydrogen-bond acceptors (Lipinski definition) is 4. The van der Waals surface area contributed by atoms with E-state index in [9.17, 15) is 9.59 Å². The zero-order valence-electron chi connectivity index (χ0n) is 22.9. The van der Waals surface area contributed by atoms with Gasteiger partial charge < -0.3 is 10.6 Å². The van der Waals surface area contributed by atoms with Crippen molar-refractivity contribution in [2.75, 3.05) is 0 Å². The molecule has 1 aliphatic rings. The highest BCUT2D eigenvalue weighted by Crippen LogP contribution is 2.23. The summed E-state index contributed by atoms with van der Waals surface area (Å²) in [5.74, 6) is 0.286. The van der Waals surface area contributed by atoms with E-state index in [0.29, 0.717) is 21.2 Å². The summed E-state index contributed by atoms with van der Waals surface area (Å²) in [4.78, 5) is 27.5. The van der Waals surface area contributed by atoms with Gasteiger partial charge in [-0.1, -0.05) is 83.9 Å². The van der Waals surface area contributed by atoms with Crippen LogP contribution in [0.25, 0.3) is 0 Å². The van der Waals surface area contributed by atoms with Crippen LogP contribution in [0.2, 0.25) is 10.0 Å². The van der Waals surface area contributed by atoms with Gasteiger partial charge in [0.2, 0.25) is 0 Å². The molecule has 5 rings (SSSR count). The number of hydrogen-bond donors (Lipinski definition) is 2. The van der Waals surface area contributed by atoms with Crippen molar-refractivity contribution >= 4 is 46.9 Å². The van der Waals surface area contributed by atoms with Gasteiger partial charge >= 0.3 is 12.1 Å². The Morgan fingerprint density at radius 1 is 0.571 bits per heavy atom. The average molecular weight is 600 g/mol. The molecule has 2 atom stereocenters. The topological polar surface area (TPSA) is 89.4 Å². The molecule has 8 nitrogen and oxygen atoms in total. The van der Waals surface area contributed by atoms with Gasteiger partial charge in [-0.2, -0.15) is 10.0 Å². The zero-order chi connectivity index (χ0) is 29.6. The van der Waals surface area contributed by atoms with E-state index in [-0.39, 0.29) is 23.8 Å². The predicted molar refractivity (Wildman–Crippen MR) is 166 cm³/mol. The minimum atomic E-state index is -0.524. The van der Waals surface area contributed by atoms with Crippen LogP contribution in [-0.4, -0.2) is 33.8 Å². The lowest BCUT2D eigenvalue weighted by Gasteiger charge is -2.31. The second-order valence-electron chi connectivity index (χ2n) is 9.65. The van der Waals surface area contributed by atoms with Crippen LogP contribution >= 0.6 is 23.2 Å². The van der Waals surface area contributed by atoms with E-state index in [1.54, 1.807) is 48.5 Å². The molecule has 0 spiro atoms. The number of nitrogens with one attached hydrogen (secondary N) is 2. The van der Waals surface area contributed by atoms with Gasteiger partial charge in [0, 0.05) is 21.2 Å². The number of rotatable bonds is 6. The summed E-state index contributed by atoms with van der Waals surface area (Å²) in [6.45, 7) is 3.76. The van der Waals surface area contributed by atoms with Crippen molar-refractivity contribution in [1.82, 2.24) is 20.7 Å². The number of benzene rings is 4. The van der Waals surface area contributed by atoms with E-state index in [1.165, 1.54) is 0 Å². The van der Waals surface area contributed by atoms with Crippen molar-refractivity contribution in [2.45, 2.75) is 25.9 Å². The first-order chi connectivity index (χ1) is 20.3. The fourth-order valence-corrected chi connectivity index (χ4v) is 4.60. The molecule has 0 radical (unpaired) electrons. The lowest BCUT2D eigenvalue weighted by molar-refractivity contribution is 0.207. The lowest BCUT2D eigenvalue weighted by Crippen LogP contribution is -2.51. The molecule has 4 aromatic carbocycles. The van der Waals surface area contributed by atoms with Gasteiger partial charge in [0.1, 0.15) is 0 Å². The zero-order valence-corrected chi connectivity index (χ0v) is 24.4. The molecule has 42 heavy (non-hydrogen) atoms. The SMILES string of the molecule is C[C@H](NC(=O)N1N=C(c2ccc(Cl)cc2)N(C(=O)N[C@@H](C)c2ccccc2)N=C1c1ccc(Cl)cc1)c1ccccc1. The van der Waals surface area contributed by atoms with Crippen LogP contribution in [0.15, 0.2) is 119 Å². The van der Waals surface area contributed by atoms with Gasteiger partial charge in [-0.3, -0.25) is 0 Å². The number of carbonyl (C=O) groups is 2. The van der Waals surface area contributed by atoms with Crippen molar-refractivity contribution in [3.05, 3.63) is 141 Å². The lowest BCUT2D eigenvalue weighted by atomic mass is 10.1. The van der Waals surface area contributed by atoms with E-state index >= 15 is 0 Å². The maximum atomic E-state index is 13.8. The fourth-order valence-electron chi connectivity index (χ4n) is 4.35. The Morgan fingerprint density at radius 2 is 0.905 bits per heavy atom. The second-order valence-corrected chi connectivity index (χ2v) is 10.5. The molecule has 0 unspecified atom stereocenters. The predicted octanol–water partition coefficient (Wildman–Crippen LogP) is 7.58. The van der Waals surface area contributed by atoms with E-state index in [2.05, 4.69) is 20.8 Å². The Hall–Kier alpha value is -4.66. The summed E-state index contributed by atoms with van der Waals surface area (Å²) in [6.07, 6.45) is 0. The molecule has 1 heterocycles. The third-order valence-electron chi connectivity index (χ3n) is 6.66. The van der Waals surface area contributed by atoms with E-state index in [0.717, 1.165) is 21.1 Å². The van der Waals surface area contributed by atoms with E-state index in [1.807, 2.05) is 74.5 Å². The Balaban J connectivity index is 1.55. The van der Waals surface area contributed by atoms with E-state index in [4.69, 9.17) is 23.2 Å². The standard InChI is InChI=1S/C32H28Cl2N6O2/c1-21(23-9-5-3-6-10-23)35-31(41)39-29(25-13-17-27(33)18-14-25)38-40(30(37-39)26-15-19-28(34)20-16-26)32(42)36-22(2)24-11-7-4-8-12-24/h3-22H,1-2H3,(H,35,41)(H,36,42)/t21-,22-/m0/s1. The Morgan fingerprint density at radius 3 is 1.24 bits per heavy atom. The summed E-state index contributed by atoms with van der Waals surface area (Å²) < 4.78 is 0. The molecular weight excluding hydrogens is 571 g/mol. The van der Waals surface area contributed by atoms with Gasteiger partial charge in [-0.15, -0.1) is 10.2 Å². The number of urea groups is 2. The summed E-state index contributed by atoms with van der Waals surface area (Å²) in [5, 5.41) is 18.7. The summed E-state index contributed by atoms with van der Waals surface area (Å²) in [5.41, 5.74) is 2.92. The number of nitrogens with zero attached hydrogens (tertiary/aromatic N) is 4. The maximum absolute atomic E-state index is 13.8. The van der Waals surface area contributed by atoms with Gasteiger partial charge in [0.05, 0.1) is 12.1 Å². The number of amides is 4. The molecule has 0 saturated heterocycles. The Bertz CT molecular complexity index is 1490. The normalized spacial score (nSPS) is 14.4. The Labute approximate surface area is 254 Å². The van der Waals surface area contributed by atoms with Crippen LogP contribution < -0.4 is 10.6 Å². The smallest absolute Gasteiger partial charge is 0.330 e. The molecule has 0 fully saturated rings. The van der Waals surface area contributed by atoms with Crippen molar-refractivity contribution in [2.24, 2.45) is 10.2 Å². The van der Waals surface area contributed by atoms with Crippen LogP contribution in [-0.2, 0) is 0 Å². The number of hydrazone groups is 2. The number of halogens is 2. The Kier molecular flexibility index (Phi) is 8.85. The van der Waals surface area contributed by atoms with E-state index < -0.39 is 12.1 Å². The highest BCUT2D eigenvalue weighted by Gasteiger charge is 2.34. The highest BCUT2D eigenvalue weighted by atomic mass is 35.5. The fraction of sp³-hybridized carbons (Fsp3) is 0.125. The molecule has 212 valence electrons. The molecule has 10 heteroatoms. The molecule has 2 N–H and O–H groups in total. The number of amidine groups is 2. The highest BCUT2D eigenvalue weighted by molar-refractivity contribution is 6.31. The van der Waals surface area contributed by atoms with Crippen molar-refractivity contribution in [3.8, 4) is 0 Å². The van der Waals surface area contributed by atoms with Gasteiger partial charge in [-0.05, 0) is 73.5 Å². The van der Waals surface area contributed by atoms with Gasteiger partial charge in [-0.25, -0.2) is 9.59 Å². The quantitative estimate of drug-likeness (QED) is 0.239. The monoisotopic (exact) mass is 598 g/mol. The molecule has 0 aliphatic carbocycles. The minimum Gasteiger partial charge on any atom is -0.330 e. The summed E-state index contributed by atoms with van der Waals surface area (Å²) >= 11 is 12.3. The summed E-state index contributed by atoms with van der Waals surface area (Å²) in [7, 11) is 0. The molecular formula is C32H28Cl2N6O2. The van der Waals surface area contributed by atoms with Crippen LogP contribution in [0.3, 0.4) is 0 Å². The van der Waals surface area contributed by atoms with Crippen LogP contribution in [0, 0.1) is 0 Å². The maximum Gasteiger partial charge on any atom is 0.344 e. The van der Waals surface area contributed by atoms with Crippen LogP contribution in [0.4, 0.5) is 9.59 Å². The molecule has 0 aromatic heterocycles. The third-order valence-corrected chi connectivity index (χ3v) is 7.16. The minimum absolute atomic E-state index is 0.143. The third kappa shape index (κ3) is 6.62. The molecule has 1 aliphatic heterocycles. The second kappa shape index (κ2) is 12.9. The first-order valence-corrected chi connectivity index (χ1v) is 14.1. The summed E-state index contributed by atoms with van der Waals surface area (Å²) in [6, 6.07) is 31.1. The van der Waals surface area contributed by atoms with Crippen LogP contribution in [0.5, 0.6) is 0 Å². The first kappa shape index (κ1) is 28.9.